The Morgan fingerprint density at radius 2 is 1.23 bits per heavy atom. The second-order valence-corrected chi connectivity index (χ2v) is 5.20. The number of hydrogen-bond donors (Lipinski definition) is 4. The number of rotatable bonds is 6. The number of nitrogens with one attached hydrogen (secondary N) is 2. The molecule has 2 aliphatic rings. The molecule has 26 heavy (non-hydrogen) atoms. The summed E-state index contributed by atoms with van der Waals surface area (Å²) in [5, 5.41) is 7.75. The minimum atomic E-state index is -0.865. The van der Waals surface area contributed by atoms with Gasteiger partial charge in [-0.1, -0.05) is 0 Å². The Morgan fingerprint density at radius 3 is 1.58 bits per heavy atom. The van der Waals surface area contributed by atoms with Crippen molar-refractivity contribution in [3.05, 3.63) is 35.7 Å². The first-order valence-corrected chi connectivity index (χ1v) is 7.43. The summed E-state index contributed by atoms with van der Waals surface area (Å²) in [5.41, 5.74) is 10.8. The highest BCUT2D eigenvalue weighted by Gasteiger charge is 2.17. The van der Waals surface area contributed by atoms with Gasteiger partial charge in [0.2, 0.25) is 11.8 Å². The van der Waals surface area contributed by atoms with Crippen LogP contribution in [-0.4, -0.2) is 60.3 Å². The lowest BCUT2D eigenvalue weighted by molar-refractivity contribution is -0.177. The van der Waals surface area contributed by atoms with E-state index in [1.54, 1.807) is 0 Å². The number of nitrogens with two attached hydrogens (primary N) is 2. The van der Waals surface area contributed by atoms with Gasteiger partial charge in [-0.05, 0) is 0 Å². The molecule has 0 aromatic heterocycles. The number of carbonyl (C=O) groups is 4. The van der Waals surface area contributed by atoms with E-state index in [9.17, 15) is 19.2 Å². The van der Waals surface area contributed by atoms with Crippen LogP contribution in [0.25, 0.3) is 0 Å². The molecule has 12 nitrogen and oxygen atoms in total. The van der Waals surface area contributed by atoms with Gasteiger partial charge in [0.15, 0.2) is 0 Å². The molecule has 2 aliphatic heterocycles. The summed E-state index contributed by atoms with van der Waals surface area (Å²) >= 11 is 0. The topological polar surface area (TPSA) is 169 Å². The normalized spacial score (nSPS) is 17.4. The predicted octanol–water partition coefficient (Wildman–Crippen LogP) is -3.08. The summed E-state index contributed by atoms with van der Waals surface area (Å²) in [6, 6.07) is 0. The number of nitrogens with zero attached hydrogens (tertiary/aromatic N) is 2. The van der Waals surface area contributed by atoms with Crippen LogP contribution in [0.5, 0.6) is 0 Å². The van der Waals surface area contributed by atoms with Gasteiger partial charge in [-0.15, -0.1) is 0 Å². The van der Waals surface area contributed by atoms with Crippen LogP contribution in [0.15, 0.2) is 35.7 Å². The van der Waals surface area contributed by atoms with Crippen LogP contribution in [0.3, 0.4) is 0 Å². The summed E-state index contributed by atoms with van der Waals surface area (Å²) in [6.45, 7) is 0.828. The van der Waals surface area contributed by atoms with Crippen molar-refractivity contribution in [1.82, 2.24) is 20.8 Å². The van der Waals surface area contributed by atoms with Crippen LogP contribution in [0.4, 0.5) is 0 Å². The van der Waals surface area contributed by atoms with Crippen LogP contribution >= 0.6 is 0 Å². The Balaban J connectivity index is 1.85. The van der Waals surface area contributed by atoms with Gasteiger partial charge in [-0.25, -0.2) is 9.59 Å². The zero-order valence-corrected chi connectivity index (χ0v) is 13.6. The Kier molecular flexibility index (Phi) is 6.30. The highest BCUT2D eigenvalue weighted by molar-refractivity contribution is 5.93. The van der Waals surface area contributed by atoms with E-state index in [1.807, 2.05) is 0 Å². The Morgan fingerprint density at radius 1 is 0.846 bits per heavy atom. The van der Waals surface area contributed by atoms with E-state index in [4.69, 9.17) is 21.1 Å². The molecule has 0 saturated heterocycles. The first-order valence-electron chi connectivity index (χ1n) is 7.43. The molecule has 2 amide bonds. The van der Waals surface area contributed by atoms with Gasteiger partial charge in [0.1, 0.15) is 13.3 Å². The molecule has 0 unspecified atom stereocenters. The smallest absolute Gasteiger partial charge is 0.356 e. The average molecular weight is 366 g/mol. The van der Waals surface area contributed by atoms with Crippen LogP contribution in [-0.2, 0) is 28.9 Å². The molecule has 140 valence electrons. The second kappa shape index (κ2) is 8.64. The van der Waals surface area contributed by atoms with Crippen molar-refractivity contribution < 1.29 is 28.9 Å². The highest BCUT2D eigenvalue weighted by atomic mass is 16.7. The molecule has 6 N–H and O–H groups in total. The number of carbonyl (C=O) groups excluding carboxylic acids is 4. The molecule has 0 aromatic rings. The minimum absolute atomic E-state index is 0.154. The van der Waals surface area contributed by atoms with Crippen molar-refractivity contribution in [2.45, 2.75) is 0 Å². The fraction of sp³-hybridized carbons (Fsp3) is 0.286. The number of amides is 2. The average Bonchev–Trinajstić information content (AvgIpc) is 2.60. The maximum absolute atomic E-state index is 11.7. The predicted molar refractivity (Wildman–Crippen MR) is 85.3 cm³/mol. The monoisotopic (exact) mass is 366 g/mol. The van der Waals surface area contributed by atoms with E-state index in [0.717, 1.165) is 22.3 Å². The van der Waals surface area contributed by atoms with E-state index >= 15 is 0 Å². The van der Waals surface area contributed by atoms with Crippen molar-refractivity contribution in [3.8, 4) is 0 Å². The van der Waals surface area contributed by atoms with Crippen molar-refractivity contribution >= 4 is 23.8 Å². The number of hydroxylamine groups is 4. The van der Waals surface area contributed by atoms with Crippen LogP contribution < -0.4 is 22.1 Å². The van der Waals surface area contributed by atoms with Crippen molar-refractivity contribution in [3.63, 3.8) is 0 Å². The van der Waals surface area contributed by atoms with Crippen molar-refractivity contribution in [1.29, 1.82) is 0 Å². The highest BCUT2D eigenvalue weighted by Crippen LogP contribution is 2.05. The van der Waals surface area contributed by atoms with E-state index in [-0.39, 0.29) is 37.6 Å². The maximum Gasteiger partial charge on any atom is 0.356 e. The lowest BCUT2D eigenvalue weighted by Crippen LogP contribution is -2.40. The molecular formula is C14H18N6O6. The summed E-state index contributed by atoms with van der Waals surface area (Å²) in [6.07, 6.45) is 4.28. The fourth-order valence-electron chi connectivity index (χ4n) is 1.98. The third kappa shape index (κ3) is 5.61. The van der Waals surface area contributed by atoms with E-state index in [1.165, 1.54) is 12.4 Å². The van der Waals surface area contributed by atoms with Gasteiger partial charge in [0, 0.05) is 36.4 Å². The molecular weight excluding hydrogens is 348 g/mol. The molecule has 0 radical (unpaired) electrons. The van der Waals surface area contributed by atoms with Crippen LogP contribution in [0, 0.1) is 0 Å². The lowest BCUT2D eigenvalue weighted by atomic mass is 10.2. The quantitative estimate of drug-likeness (QED) is 0.354. The molecule has 0 atom stereocenters. The van der Waals surface area contributed by atoms with Gasteiger partial charge < -0.3 is 21.1 Å². The van der Waals surface area contributed by atoms with E-state index in [0.29, 0.717) is 0 Å². The molecule has 0 spiro atoms. The van der Waals surface area contributed by atoms with Crippen molar-refractivity contribution in [2.75, 3.05) is 26.4 Å². The molecule has 0 saturated carbocycles. The zero-order chi connectivity index (χ0) is 19.1. The van der Waals surface area contributed by atoms with Crippen LogP contribution in [0.1, 0.15) is 0 Å². The minimum Gasteiger partial charge on any atom is -0.366 e. The number of primary amides is 2. The molecule has 0 aliphatic carbocycles. The first-order chi connectivity index (χ1) is 12.3. The second-order valence-electron chi connectivity index (χ2n) is 5.20. The SMILES string of the molecule is NC(=O)C1=CN(OC(=O)/C=C\C(=O)ON2C=C(C(N)=O)CNC2)CNC1. The third-order valence-corrected chi connectivity index (χ3v) is 3.17. The Bertz CT molecular complexity index is 642. The Hall–Kier alpha value is -3.38. The largest absolute Gasteiger partial charge is 0.366 e. The zero-order valence-electron chi connectivity index (χ0n) is 13.6. The molecule has 0 aromatic carbocycles. The number of hydrogen-bond acceptors (Lipinski definition) is 10. The van der Waals surface area contributed by atoms with Gasteiger partial charge in [-0.3, -0.25) is 20.2 Å². The fourth-order valence-corrected chi connectivity index (χ4v) is 1.98. The summed E-state index contributed by atoms with van der Waals surface area (Å²) in [7, 11) is 0. The van der Waals surface area contributed by atoms with Crippen molar-refractivity contribution in [2.24, 2.45) is 11.5 Å². The molecule has 0 bridgehead atoms. The Labute approximate surface area is 147 Å². The summed E-state index contributed by atoms with van der Waals surface area (Å²) < 4.78 is 0. The van der Waals surface area contributed by atoms with E-state index in [2.05, 4.69) is 10.6 Å². The molecule has 2 rings (SSSR count). The van der Waals surface area contributed by atoms with Gasteiger partial charge in [0.05, 0.1) is 12.4 Å². The molecule has 12 heteroatoms. The van der Waals surface area contributed by atoms with Crippen LogP contribution in [0.2, 0.25) is 0 Å². The van der Waals surface area contributed by atoms with E-state index < -0.39 is 23.8 Å². The lowest BCUT2D eigenvalue weighted by Gasteiger charge is -2.24. The van der Waals surface area contributed by atoms with Gasteiger partial charge in [0.25, 0.3) is 0 Å². The summed E-state index contributed by atoms with van der Waals surface area (Å²) in [4.78, 5) is 55.4. The maximum atomic E-state index is 11.7. The third-order valence-electron chi connectivity index (χ3n) is 3.17. The molecule has 2 heterocycles. The standard InChI is InChI=1S/C14H18N6O6/c15-13(23)9-3-17-7-19(5-9)25-11(21)1-2-12(22)26-20-6-10(14(16)24)4-18-8-20/h1-2,5-6,17-18H,3-4,7-8H2,(H2,15,23)(H2,16,24)/b2-1-. The summed E-state index contributed by atoms with van der Waals surface area (Å²) in [5.74, 6) is -3.02. The first kappa shape index (κ1) is 19.0. The van der Waals surface area contributed by atoms with Gasteiger partial charge in [-0.2, -0.15) is 10.1 Å². The molecule has 0 fully saturated rings. The van der Waals surface area contributed by atoms with Gasteiger partial charge >= 0.3 is 11.9 Å².